The molecule has 0 aliphatic carbocycles. The van der Waals surface area contributed by atoms with Gasteiger partial charge in [-0.05, 0) is 30.7 Å². The van der Waals surface area contributed by atoms with Crippen LogP contribution >= 0.6 is 11.8 Å². The highest BCUT2D eigenvalue weighted by atomic mass is 32.2. The monoisotopic (exact) mass is 281 g/mol. The second kappa shape index (κ2) is 6.08. The molecule has 19 heavy (non-hydrogen) atoms. The minimum Gasteiger partial charge on any atom is -0.323 e. The van der Waals surface area contributed by atoms with E-state index in [2.05, 4.69) is 9.97 Å². The molecule has 0 aliphatic rings. The fourth-order valence-electron chi connectivity index (χ4n) is 1.50. The standard InChI is InChI=1S/C13H13F2N3S/c1-8-4-5-17-13(18-8)19-7-12(16)9-2-3-10(14)11(15)6-9/h2-6,12H,7,16H2,1H3. The largest absolute Gasteiger partial charge is 0.323 e. The van der Waals surface area contributed by atoms with Crippen molar-refractivity contribution < 1.29 is 8.78 Å². The van der Waals surface area contributed by atoms with Crippen molar-refractivity contribution in [1.29, 1.82) is 0 Å². The Morgan fingerprint density at radius 1 is 1.26 bits per heavy atom. The fourth-order valence-corrected chi connectivity index (χ4v) is 2.36. The Balaban J connectivity index is 2.01. The van der Waals surface area contributed by atoms with E-state index in [0.717, 1.165) is 17.8 Å². The molecule has 0 spiro atoms. The van der Waals surface area contributed by atoms with Crippen LogP contribution in [0.3, 0.4) is 0 Å². The summed E-state index contributed by atoms with van der Waals surface area (Å²) in [5.74, 6) is -1.26. The summed E-state index contributed by atoms with van der Waals surface area (Å²) in [5, 5.41) is 0.623. The highest BCUT2D eigenvalue weighted by Crippen LogP contribution is 2.21. The molecule has 0 saturated carbocycles. The van der Waals surface area contributed by atoms with Gasteiger partial charge in [0.05, 0.1) is 0 Å². The summed E-state index contributed by atoms with van der Waals surface area (Å²) in [5.41, 5.74) is 7.36. The molecule has 1 atom stereocenters. The molecule has 3 nitrogen and oxygen atoms in total. The number of nitrogens with two attached hydrogens (primary N) is 1. The van der Waals surface area contributed by atoms with Crippen LogP contribution in [0.5, 0.6) is 0 Å². The second-order valence-corrected chi connectivity index (χ2v) is 5.06. The number of thioether (sulfide) groups is 1. The lowest BCUT2D eigenvalue weighted by molar-refractivity contribution is 0.506. The topological polar surface area (TPSA) is 51.8 Å². The number of rotatable bonds is 4. The zero-order chi connectivity index (χ0) is 13.8. The molecule has 0 aliphatic heterocycles. The fraction of sp³-hybridized carbons (Fsp3) is 0.231. The smallest absolute Gasteiger partial charge is 0.187 e. The molecule has 2 rings (SSSR count). The van der Waals surface area contributed by atoms with Crippen molar-refractivity contribution in [3.63, 3.8) is 0 Å². The van der Waals surface area contributed by atoms with Crippen molar-refractivity contribution in [2.24, 2.45) is 5.73 Å². The van der Waals surface area contributed by atoms with Gasteiger partial charge in [0.25, 0.3) is 0 Å². The molecular formula is C13H13F2N3S. The van der Waals surface area contributed by atoms with Crippen LogP contribution in [0.15, 0.2) is 35.6 Å². The van der Waals surface area contributed by atoms with Gasteiger partial charge in [0.15, 0.2) is 16.8 Å². The minimum absolute atomic E-state index is 0.399. The third-order valence-electron chi connectivity index (χ3n) is 2.54. The number of halogens is 2. The summed E-state index contributed by atoms with van der Waals surface area (Å²) in [6, 6.07) is 5.10. The third kappa shape index (κ3) is 3.71. The van der Waals surface area contributed by atoms with Gasteiger partial charge in [-0.1, -0.05) is 17.8 Å². The van der Waals surface area contributed by atoms with Gasteiger partial charge in [-0.25, -0.2) is 18.7 Å². The third-order valence-corrected chi connectivity index (χ3v) is 3.52. The summed E-state index contributed by atoms with van der Waals surface area (Å²) in [6.07, 6.45) is 1.67. The highest BCUT2D eigenvalue weighted by molar-refractivity contribution is 7.99. The minimum atomic E-state index is -0.884. The van der Waals surface area contributed by atoms with Gasteiger partial charge in [-0.15, -0.1) is 0 Å². The Morgan fingerprint density at radius 2 is 2.05 bits per heavy atom. The molecule has 1 aromatic heterocycles. The maximum absolute atomic E-state index is 13.1. The number of benzene rings is 1. The summed E-state index contributed by atoms with van der Waals surface area (Å²) in [6.45, 7) is 1.88. The van der Waals surface area contributed by atoms with Gasteiger partial charge in [-0.3, -0.25) is 0 Å². The average Bonchev–Trinajstić information content (AvgIpc) is 2.39. The molecule has 1 heterocycles. The van der Waals surface area contributed by atoms with E-state index >= 15 is 0 Å². The Bertz CT molecular complexity index is 578. The van der Waals surface area contributed by atoms with Gasteiger partial charge in [0.2, 0.25) is 0 Å². The van der Waals surface area contributed by atoms with Crippen LogP contribution in [0.25, 0.3) is 0 Å². The molecule has 0 bridgehead atoms. The van der Waals surface area contributed by atoms with Crippen LogP contribution in [-0.2, 0) is 0 Å². The van der Waals surface area contributed by atoms with Crippen LogP contribution in [0.2, 0.25) is 0 Å². The molecule has 2 N–H and O–H groups in total. The van der Waals surface area contributed by atoms with Gasteiger partial charge in [0.1, 0.15) is 0 Å². The molecule has 1 aromatic carbocycles. The lowest BCUT2D eigenvalue weighted by atomic mass is 10.1. The van der Waals surface area contributed by atoms with Crippen LogP contribution in [0.4, 0.5) is 8.78 Å². The first-order valence-corrected chi connectivity index (χ1v) is 6.68. The van der Waals surface area contributed by atoms with E-state index in [0.29, 0.717) is 16.5 Å². The summed E-state index contributed by atoms with van der Waals surface area (Å²) in [4.78, 5) is 8.33. The zero-order valence-corrected chi connectivity index (χ0v) is 11.1. The van der Waals surface area contributed by atoms with Gasteiger partial charge in [0, 0.05) is 23.7 Å². The lowest BCUT2D eigenvalue weighted by Gasteiger charge is -2.11. The second-order valence-electron chi connectivity index (χ2n) is 4.07. The number of aryl methyl sites for hydroxylation is 1. The van der Waals surface area contributed by atoms with E-state index in [1.54, 1.807) is 12.3 Å². The molecule has 0 saturated heterocycles. The van der Waals surface area contributed by atoms with Crippen molar-refractivity contribution in [1.82, 2.24) is 9.97 Å². The van der Waals surface area contributed by atoms with Crippen molar-refractivity contribution >= 4 is 11.8 Å². The molecule has 1 unspecified atom stereocenters. The number of hydrogen-bond acceptors (Lipinski definition) is 4. The number of hydrogen-bond donors (Lipinski definition) is 1. The predicted molar refractivity (Wildman–Crippen MR) is 70.8 cm³/mol. The molecule has 0 amide bonds. The first kappa shape index (κ1) is 13.9. The maximum Gasteiger partial charge on any atom is 0.187 e. The first-order chi connectivity index (χ1) is 9.06. The highest BCUT2D eigenvalue weighted by Gasteiger charge is 2.11. The van der Waals surface area contributed by atoms with E-state index in [1.807, 2.05) is 6.92 Å². The van der Waals surface area contributed by atoms with Gasteiger partial charge in [-0.2, -0.15) is 0 Å². The van der Waals surface area contributed by atoms with Crippen LogP contribution < -0.4 is 5.73 Å². The average molecular weight is 281 g/mol. The zero-order valence-electron chi connectivity index (χ0n) is 10.3. The Hall–Kier alpha value is -1.53. The van der Waals surface area contributed by atoms with Gasteiger partial charge < -0.3 is 5.73 Å². The molecule has 0 fully saturated rings. The van der Waals surface area contributed by atoms with E-state index in [1.165, 1.54) is 17.8 Å². The van der Waals surface area contributed by atoms with Crippen molar-refractivity contribution in [2.45, 2.75) is 18.1 Å². The summed E-state index contributed by atoms with van der Waals surface area (Å²) >= 11 is 1.38. The van der Waals surface area contributed by atoms with E-state index in [-0.39, 0.29) is 0 Å². The van der Waals surface area contributed by atoms with Crippen LogP contribution in [0.1, 0.15) is 17.3 Å². The van der Waals surface area contributed by atoms with Crippen LogP contribution in [-0.4, -0.2) is 15.7 Å². The molecule has 100 valence electrons. The first-order valence-electron chi connectivity index (χ1n) is 5.69. The van der Waals surface area contributed by atoms with E-state index < -0.39 is 17.7 Å². The Kier molecular flexibility index (Phi) is 4.44. The number of aromatic nitrogens is 2. The summed E-state index contributed by atoms with van der Waals surface area (Å²) < 4.78 is 25.9. The summed E-state index contributed by atoms with van der Waals surface area (Å²) in [7, 11) is 0. The molecular weight excluding hydrogens is 268 g/mol. The van der Waals surface area contributed by atoms with E-state index in [9.17, 15) is 8.78 Å². The predicted octanol–water partition coefficient (Wildman–Crippen LogP) is 2.86. The Morgan fingerprint density at radius 3 is 2.74 bits per heavy atom. The SMILES string of the molecule is Cc1ccnc(SCC(N)c2ccc(F)c(F)c2)n1. The number of nitrogens with zero attached hydrogens (tertiary/aromatic N) is 2. The molecule has 2 aromatic rings. The maximum atomic E-state index is 13.1. The normalized spacial score (nSPS) is 12.4. The van der Waals surface area contributed by atoms with Crippen molar-refractivity contribution in [3.05, 3.63) is 53.4 Å². The van der Waals surface area contributed by atoms with Crippen LogP contribution in [0, 0.1) is 18.6 Å². The molecule has 6 heteroatoms. The molecule has 0 radical (unpaired) electrons. The quantitative estimate of drug-likeness (QED) is 0.691. The van der Waals surface area contributed by atoms with Gasteiger partial charge >= 0.3 is 0 Å². The van der Waals surface area contributed by atoms with Crippen molar-refractivity contribution in [3.8, 4) is 0 Å². The van der Waals surface area contributed by atoms with Crippen molar-refractivity contribution in [2.75, 3.05) is 5.75 Å². The van der Waals surface area contributed by atoms with E-state index in [4.69, 9.17) is 5.73 Å². The lowest BCUT2D eigenvalue weighted by Crippen LogP contribution is -2.13. The Labute approximate surface area is 114 Å².